The lowest BCUT2D eigenvalue weighted by Gasteiger charge is -2.46. The van der Waals surface area contributed by atoms with Crippen molar-refractivity contribution < 1.29 is 9.57 Å². The van der Waals surface area contributed by atoms with Crippen LogP contribution < -0.4 is 0 Å². The van der Waals surface area contributed by atoms with E-state index in [-0.39, 0.29) is 5.41 Å². The van der Waals surface area contributed by atoms with Crippen molar-refractivity contribution in [3.05, 3.63) is 34.9 Å². The van der Waals surface area contributed by atoms with E-state index < -0.39 is 5.60 Å². The standard InChI is InChI=1S/C23H28N2O2/c1-25-21(24)15-23(27-25)20-13-17(6-5-16-3-4-16)7-8-18(20)14-22(23)11-9-19(26-2)10-12-22/h7-8,13,16,19,24H,3-4,9-12,14-15H2,1-2H3. The molecule has 1 aromatic rings. The van der Waals surface area contributed by atoms with Crippen LogP contribution in [0.1, 0.15) is 61.6 Å². The Balaban J connectivity index is 1.56. The van der Waals surface area contributed by atoms with Gasteiger partial charge in [-0.15, -0.1) is 0 Å². The molecule has 2 spiro atoms. The summed E-state index contributed by atoms with van der Waals surface area (Å²) in [5.74, 6) is 7.94. The van der Waals surface area contributed by atoms with Crippen LogP contribution in [-0.4, -0.2) is 31.2 Å². The van der Waals surface area contributed by atoms with Crippen LogP contribution in [0.2, 0.25) is 0 Å². The smallest absolute Gasteiger partial charge is 0.134 e. The molecule has 1 heterocycles. The highest BCUT2D eigenvalue weighted by Gasteiger charge is 2.63. The van der Waals surface area contributed by atoms with Gasteiger partial charge in [0.25, 0.3) is 0 Å². The van der Waals surface area contributed by atoms with Gasteiger partial charge in [-0.25, -0.2) is 5.06 Å². The van der Waals surface area contributed by atoms with Crippen LogP contribution in [0.3, 0.4) is 0 Å². The predicted molar refractivity (Wildman–Crippen MR) is 104 cm³/mol. The maximum absolute atomic E-state index is 8.41. The van der Waals surface area contributed by atoms with Crippen LogP contribution in [0.15, 0.2) is 18.2 Å². The molecule has 0 radical (unpaired) electrons. The van der Waals surface area contributed by atoms with Gasteiger partial charge in [-0.05, 0) is 68.2 Å². The molecule has 0 bridgehead atoms. The fraction of sp³-hybridized carbons (Fsp3) is 0.609. The minimum atomic E-state index is -0.413. The summed E-state index contributed by atoms with van der Waals surface area (Å²) in [5.41, 5.74) is 3.39. The Morgan fingerprint density at radius 1 is 1.19 bits per heavy atom. The zero-order chi connectivity index (χ0) is 18.6. The lowest BCUT2D eigenvalue weighted by Crippen LogP contribution is -2.46. The van der Waals surface area contributed by atoms with Crippen LogP contribution in [0, 0.1) is 28.6 Å². The maximum Gasteiger partial charge on any atom is 0.134 e. The van der Waals surface area contributed by atoms with Crippen molar-refractivity contribution in [2.24, 2.45) is 11.3 Å². The summed E-state index contributed by atoms with van der Waals surface area (Å²) < 4.78 is 5.63. The first-order chi connectivity index (χ1) is 13.1. The van der Waals surface area contributed by atoms with Gasteiger partial charge >= 0.3 is 0 Å². The number of hydroxylamine groups is 2. The predicted octanol–water partition coefficient (Wildman–Crippen LogP) is 4.02. The van der Waals surface area contributed by atoms with Crippen molar-refractivity contribution in [3.63, 3.8) is 0 Å². The summed E-state index contributed by atoms with van der Waals surface area (Å²) in [6.45, 7) is 0. The highest BCUT2D eigenvalue weighted by Crippen LogP contribution is 2.63. The number of rotatable bonds is 1. The van der Waals surface area contributed by atoms with Crippen LogP contribution in [0.5, 0.6) is 0 Å². The molecule has 142 valence electrons. The molecule has 4 nitrogen and oxygen atoms in total. The summed E-state index contributed by atoms with van der Waals surface area (Å²) in [7, 11) is 3.70. The molecule has 0 aromatic heterocycles. The number of hydrogen-bond acceptors (Lipinski definition) is 3. The average molecular weight is 364 g/mol. The third-order valence-corrected chi connectivity index (χ3v) is 7.24. The number of fused-ring (bicyclic) bond motifs is 3. The van der Waals surface area contributed by atoms with E-state index in [2.05, 4.69) is 30.0 Å². The largest absolute Gasteiger partial charge is 0.381 e. The fourth-order valence-corrected chi connectivity index (χ4v) is 5.45. The molecule has 3 fully saturated rings. The molecule has 2 saturated carbocycles. The molecule has 5 rings (SSSR count). The molecule has 1 aliphatic heterocycles. The second-order valence-corrected chi connectivity index (χ2v) is 8.85. The zero-order valence-corrected chi connectivity index (χ0v) is 16.3. The van der Waals surface area contributed by atoms with Gasteiger partial charge in [-0.1, -0.05) is 17.9 Å². The van der Waals surface area contributed by atoms with E-state index in [0.29, 0.717) is 24.3 Å². The summed E-state index contributed by atoms with van der Waals surface area (Å²) in [4.78, 5) is 6.52. The maximum atomic E-state index is 8.41. The van der Waals surface area contributed by atoms with Crippen LogP contribution in [0.4, 0.5) is 0 Å². The lowest BCUT2D eigenvalue weighted by molar-refractivity contribution is -0.225. The van der Waals surface area contributed by atoms with Gasteiger partial charge in [0.05, 0.1) is 6.10 Å². The van der Waals surface area contributed by atoms with Crippen LogP contribution in [-0.2, 0) is 21.6 Å². The van der Waals surface area contributed by atoms with Gasteiger partial charge in [0.1, 0.15) is 11.4 Å². The molecular weight excluding hydrogens is 336 g/mol. The molecule has 1 saturated heterocycles. The zero-order valence-electron chi connectivity index (χ0n) is 16.3. The van der Waals surface area contributed by atoms with E-state index in [9.17, 15) is 0 Å². The number of methoxy groups -OCH3 is 1. The van der Waals surface area contributed by atoms with E-state index in [1.54, 1.807) is 5.06 Å². The van der Waals surface area contributed by atoms with Gasteiger partial charge < -0.3 is 4.74 Å². The van der Waals surface area contributed by atoms with Crippen molar-refractivity contribution in [2.75, 3.05) is 14.2 Å². The Hall–Kier alpha value is -1.83. The van der Waals surface area contributed by atoms with E-state index >= 15 is 0 Å². The van der Waals surface area contributed by atoms with E-state index in [0.717, 1.165) is 37.7 Å². The quantitative estimate of drug-likeness (QED) is 0.766. The van der Waals surface area contributed by atoms with Crippen molar-refractivity contribution in [3.8, 4) is 11.8 Å². The number of nitrogens with one attached hydrogen (secondary N) is 1. The summed E-state index contributed by atoms with van der Waals surface area (Å²) >= 11 is 0. The molecule has 1 atom stereocenters. The van der Waals surface area contributed by atoms with Gasteiger partial charge in [0, 0.05) is 37.5 Å². The summed E-state index contributed by atoms with van der Waals surface area (Å²) in [6.07, 6.45) is 8.86. The SMILES string of the molecule is COC1CCC2(CC1)Cc1ccc(C#CC3CC3)cc1C21CC(=N)N(C)O1. The molecule has 0 amide bonds. The third-order valence-electron chi connectivity index (χ3n) is 7.24. The number of nitrogens with zero attached hydrogens (tertiary/aromatic N) is 1. The molecule has 4 aliphatic rings. The van der Waals surface area contributed by atoms with Crippen molar-refractivity contribution in [1.82, 2.24) is 5.06 Å². The number of hydrogen-bond donors (Lipinski definition) is 1. The normalized spacial score (nSPS) is 34.8. The van der Waals surface area contributed by atoms with Crippen molar-refractivity contribution in [1.29, 1.82) is 5.41 Å². The first kappa shape index (κ1) is 17.3. The average Bonchev–Trinajstić information content (AvgIpc) is 3.41. The van der Waals surface area contributed by atoms with Crippen LogP contribution >= 0.6 is 0 Å². The highest BCUT2D eigenvalue weighted by atomic mass is 16.7. The molecular formula is C23H28N2O2. The first-order valence-electron chi connectivity index (χ1n) is 10.2. The van der Waals surface area contributed by atoms with Crippen LogP contribution in [0.25, 0.3) is 0 Å². The number of benzene rings is 1. The highest BCUT2D eigenvalue weighted by molar-refractivity contribution is 5.81. The first-order valence-corrected chi connectivity index (χ1v) is 10.2. The molecule has 1 aromatic carbocycles. The van der Waals surface area contributed by atoms with Crippen molar-refractivity contribution in [2.45, 2.75) is 63.1 Å². The molecule has 3 aliphatic carbocycles. The summed E-state index contributed by atoms with van der Waals surface area (Å²) in [5, 5.41) is 10.1. The Bertz CT molecular complexity index is 840. The topological polar surface area (TPSA) is 45.5 Å². The second-order valence-electron chi connectivity index (χ2n) is 8.85. The van der Waals surface area contributed by atoms with E-state index in [1.165, 1.54) is 24.0 Å². The van der Waals surface area contributed by atoms with Gasteiger partial charge in [0.2, 0.25) is 0 Å². The Morgan fingerprint density at radius 2 is 1.96 bits per heavy atom. The van der Waals surface area contributed by atoms with Gasteiger partial charge in [-0.3, -0.25) is 10.2 Å². The molecule has 1 unspecified atom stereocenters. The third kappa shape index (κ3) is 2.63. The minimum absolute atomic E-state index is 0.0595. The lowest BCUT2D eigenvalue weighted by atomic mass is 9.62. The molecule has 4 heteroatoms. The summed E-state index contributed by atoms with van der Waals surface area (Å²) in [6, 6.07) is 6.69. The molecule has 1 N–H and O–H groups in total. The van der Waals surface area contributed by atoms with Gasteiger partial charge in [0.15, 0.2) is 0 Å². The number of ether oxygens (including phenoxy) is 1. The fourth-order valence-electron chi connectivity index (χ4n) is 5.45. The van der Waals surface area contributed by atoms with Crippen molar-refractivity contribution >= 4 is 5.84 Å². The minimum Gasteiger partial charge on any atom is -0.381 e. The second kappa shape index (κ2) is 6.09. The van der Waals surface area contributed by atoms with E-state index in [4.69, 9.17) is 15.0 Å². The Morgan fingerprint density at radius 3 is 2.59 bits per heavy atom. The Labute approximate surface area is 161 Å². The van der Waals surface area contributed by atoms with E-state index in [1.807, 2.05) is 14.2 Å². The molecule has 27 heavy (non-hydrogen) atoms. The number of amidine groups is 1. The van der Waals surface area contributed by atoms with Gasteiger partial charge in [-0.2, -0.15) is 0 Å². The Kier molecular flexibility index (Phi) is 3.90. The monoisotopic (exact) mass is 364 g/mol.